The van der Waals surface area contributed by atoms with Gasteiger partial charge in [-0.25, -0.2) is 13.2 Å². The molecule has 1 atom stereocenters. The summed E-state index contributed by atoms with van der Waals surface area (Å²) in [5.74, 6) is -2.11. The molecule has 0 radical (unpaired) electrons. The lowest BCUT2D eigenvalue weighted by atomic mass is 9.76. The van der Waals surface area contributed by atoms with Gasteiger partial charge in [-0.15, -0.1) is 0 Å². The second-order valence-electron chi connectivity index (χ2n) is 8.64. The highest BCUT2D eigenvalue weighted by Crippen LogP contribution is 2.51. The number of anilines is 1. The van der Waals surface area contributed by atoms with Gasteiger partial charge < -0.3 is 14.4 Å². The molecule has 5 nitrogen and oxygen atoms in total. The van der Waals surface area contributed by atoms with E-state index >= 15 is 0 Å². The van der Waals surface area contributed by atoms with Gasteiger partial charge in [0, 0.05) is 34.5 Å². The Labute approximate surface area is 243 Å². The van der Waals surface area contributed by atoms with E-state index in [1.807, 2.05) is 90.9 Å². The lowest BCUT2D eigenvalue weighted by molar-refractivity contribution is 0.315. The number of nitrogens with zero attached hydrogens (tertiary/aromatic N) is 1. The van der Waals surface area contributed by atoms with Crippen LogP contribution >= 0.6 is 0 Å². The maximum Gasteiger partial charge on any atom is 0.214 e. The molecule has 1 heterocycles. The summed E-state index contributed by atoms with van der Waals surface area (Å²) in [7, 11) is 1.58. The van der Waals surface area contributed by atoms with Gasteiger partial charge in [0.25, 0.3) is 0 Å². The second kappa shape index (κ2) is 17.1. The van der Waals surface area contributed by atoms with Crippen LogP contribution in [0.5, 0.6) is 5.75 Å². The molecule has 8 heteroatoms. The maximum atomic E-state index is 14.3. The quantitative estimate of drug-likeness (QED) is 0.135. The first kappa shape index (κ1) is 35.2. The predicted molar refractivity (Wildman–Crippen MR) is 163 cm³/mol. The van der Waals surface area contributed by atoms with Gasteiger partial charge in [-0.05, 0) is 75.2 Å². The molecule has 1 aliphatic heterocycles. The first-order chi connectivity index (χ1) is 19.7. The van der Waals surface area contributed by atoms with Crippen molar-refractivity contribution >= 4 is 11.6 Å². The zero-order valence-electron chi connectivity index (χ0n) is 25.4. The number of ether oxygens (including phenoxy) is 2. The van der Waals surface area contributed by atoms with Crippen molar-refractivity contribution in [2.45, 2.75) is 60.3 Å². The molecule has 0 spiro atoms. The van der Waals surface area contributed by atoms with Crippen molar-refractivity contribution in [2.24, 2.45) is 5.73 Å². The first-order valence-corrected chi connectivity index (χ1v) is 13.9. The number of likely N-dealkylation sites (N-methyl/N-ethyl adjacent to an activating group) is 1. The molecule has 0 bridgehead atoms. The van der Waals surface area contributed by atoms with E-state index in [1.165, 1.54) is 0 Å². The molecular weight excluding hydrogens is 527 g/mol. The van der Waals surface area contributed by atoms with E-state index in [-0.39, 0.29) is 24.6 Å². The largest absolute Gasteiger partial charge is 0.497 e. The molecule has 0 fully saturated rings. The van der Waals surface area contributed by atoms with E-state index in [0.717, 1.165) is 34.6 Å². The molecule has 0 aliphatic carbocycles. The molecule has 1 aliphatic rings. The fourth-order valence-electron chi connectivity index (χ4n) is 4.73. The Kier molecular flexibility index (Phi) is 14.7. The third kappa shape index (κ3) is 8.13. The Morgan fingerprint density at radius 3 is 2.12 bits per heavy atom. The van der Waals surface area contributed by atoms with Crippen molar-refractivity contribution in [1.82, 2.24) is 0 Å². The Morgan fingerprint density at radius 1 is 0.976 bits per heavy atom. The number of halogens is 3. The topological polar surface area (TPSA) is 71.6 Å². The Morgan fingerprint density at radius 2 is 1.59 bits per heavy atom. The van der Waals surface area contributed by atoms with Gasteiger partial charge in [0.1, 0.15) is 18.3 Å². The number of rotatable bonds is 6. The normalized spacial score (nSPS) is 15.8. The summed E-state index contributed by atoms with van der Waals surface area (Å²) >= 11 is 0. The van der Waals surface area contributed by atoms with Crippen LogP contribution in [0.15, 0.2) is 72.4 Å². The molecule has 3 aromatic carbocycles. The third-order valence-corrected chi connectivity index (χ3v) is 6.47. The van der Waals surface area contributed by atoms with Crippen LogP contribution in [0.1, 0.15) is 65.2 Å². The minimum Gasteiger partial charge on any atom is -0.497 e. The summed E-state index contributed by atoms with van der Waals surface area (Å²) in [6.07, 6.45) is 1.96. The van der Waals surface area contributed by atoms with Gasteiger partial charge in [0.15, 0.2) is 11.6 Å². The van der Waals surface area contributed by atoms with E-state index in [1.54, 1.807) is 19.2 Å². The average Bonchev–Trinajstić information content (AvgIpc) is 3.26. The number of hydrogen-bond acceptors (Lipinski definition) is 5. The molecule has 0 amide bonds. The summed E-state index contributed by atoms with van der Waals surface area (Å²) in [4.78, 5) is 2.11. The molecule has 0 saturated carbocycles. The highest BCUT2D eigenvalue weighted by molar-refractivity contribution is 5.91. The van der Waals surface area contributed by atoms with Gasteiger partial charge in [0.2, 0.25) is 5.90 Å². The number of methoxy groups -OCH3 is 1. The number of benzene rings is 3. The molecule has 0 aromatic heterocycles. The van der Waals surface area contributed by atoms with E-state index in [4.69, 9.17) is 20.6 Å². The van der Waals surface area contributed by atoms with Crippen LogP contribution in [-0.4, -0.2) is 26.3 Å². The predicted octanol–water partition coefficient (Wildman–Crippen LogP) is 8.35. The van der Waals surface area contributed by atoms with E-state index in [0.29, 0.717) is 12.3 Å². The van der Waals surface area contributed by atoms with E-state index in [9.17, 15) is 13.2 Å². The monoisotopic (exact) mass is 571 g/mol. The van der Waals surface area contributed by atoms with Crippen LogP contribution in [0, 0.1) is 22.9 Å². The standard InChI is InChI=1S/C21H22F3NO.C8H10N2O.2C2H6/c1-5-19-21(3,12-14-16(22)8-9-17(23)20(14)24)15-11-13(26-4)7-10-18(15)25(19)6-2;9-6-11-8(10)7-4-2-1-3-5-7;2*1-2/h5,7-11H,6,12H2,1-4H3;1-5,10H,6,9H2;2*1-2H3/b19-5-;;;. The molecule has 3 aromatic rings. The van der Waals surface area contributed by atoms with Crippen LogP contribution in [0.4, 0.5) is 18.9 Å². The lowest BCUT2D eigenvalue weighted by Crippen LogP contribution is -2.31. The average molecular weight is 572 g/mol. The van der Waals surface area contributed by atoms with E-state index in [2.05, 4.69) is 4.90 Å². The Hall–Kier alpha value is -3.78. The van der Waals surface area contributed by atoms with Gasteiger partial charge in [-0.2, -0.15) is 0 Å². The van der Waals surface area contributed by atoms with E-state index < -0.39 is 22.9 Å². The minimum absolute atomic E-state index is 0.0127. The van der Waals surface area contributed by atoms with Gasteiger partial charge in [0.05, 0.1) is 7.11 Å². The van der Waals surface area contributed by atoms with Crippen molar-refractivity contribution in [2.75, 3.05) is 25.3 Å². The number of nitrogens with one attached hydrogen (secondary N) is 1. The molecule has 4 rings (SSSR count). The van der Waals surface area contributed by atoms with Gasteiger partial charge in [-0.1, -0.05) is 52.0 Å². The van der Waals surface area contributed by atoms with Crippen molar-refractivity contribution in [3.8, 4) is 5.75 Å². The summed E-state index contributed by atoms with van der Waals surface area (Å²) in [5, 5.41) is 7.33. The Bertz CT molecular complexity index is 1280. The van der Waals surface area contributed by atoms with Crippen LogP contribution in [0.3, 0.4) is 0 Å². The van der Waals surface area contributed by atoms with Crippen molar-refractivity contribution in [3.63, 3.8) is 0 Å². The van der Waals surface area contributed by atoms with Gasteiger partial charge in [-0.3, -0.25) is 11.1 Å². The molecule has 224 valence electrons. The van der Waals surface area contributed by atoms with Crippen LogP contribution < -0.4 is 15.4 Å². The number of nitrogens with two attached hydrogens (primary N) is 1. The van der Waals surface area contributed by atoms with Crippen LogP contribution in [0.2, 0.25) is 0 Å². The fraction of sp³-hybridized carbons (Fsp3) is 0.364. The first-order valence-electron chi connectivity index (χ1n) is 13.9. The molecule has 0 saturated heterocycles. The van der Waals surface area contributed by atoms with Gasteiger partial charge >= 0.3 is 0 Å². The van der Waals surface area contributed by atoms with Crippen molar-refractivity contribution in [1.29, 1.82) is 5.41 Å². The molecular formula is C33H44F3N3O2. The summed E-state index contributed by atoms with van der Waals surface area (Å²) in [6, 6.07) is 16.7. The summed E-state index contributed by atoms with van der Waals surface area (Å²) < 4.78 is 52.5. The van der Waals surface area contributed by atoms with Crippen molar-refractivity contribution < 1.29 is 22.6 Å². The minimum atomic E-state index is -1.12. The van der Waals surface area contributed by atoms with Crippen molar-refractivity contribution in [3.05, 3.63) is 107 Å². The third-order valence-electron chi connectivity index (χ3n) is 6.47. The zero-order chi connectivity index (χ0) is 31.2. The lowest BCUT2D eigenvalue weighted by Gasteiger charge is -2.30. The Balaban J connectivity index is 0.000000468. The smallest absolute Gasteiger partial charge is 0.214 e. The highest BCUT2D eigenvalue weighted by Gasteiger charge is 2.44. The molecule has 3 N–H and O–H groups in total. The van der Waals surface area contributed by atoms with Crippen LogP contribution in [-0.2, 0) is 16.6 Å². The highest BCUT2D eigenvalue weighted by atomic mass is 19.2. The summed E-state index contributed by atoms with van der Waals surface area (Å²) in [5.41, 5.74) is 7.73. The number of allylic oxidation sites excluding steroid dienone is 2. The SMILES string of the molecule is C/C=C1\N(CC)c2ccc(OC)cc2C1(C)Cc1c(F)ccc(F)c1F.CC.CC.N=C(OCN)c1ccccc1. The zero-order valence-corrected chi connectivity index (χ0v) is 25.4. The number of hydrogen-bond donors (Lipinski definition) is 2. The summed E-state index contributed by atoms with van der Waals surface area (Å²) in [6.45, 7) is 14.6. The fourth-order valence-corrected chi connectivity index (χ4v) is 4.73. The maximum absolute atomic E-state index is 14.3. The molecule has 41 heavy (non-hydrogen) atoms. The number of fused-ring (bicyclic) bond motifs is 1. The van der Waals surface area contributed by atoms with Crippen LogP contribution in [0.25, 0.3) is 0 Å². The molecule has 1 unspecified atom stereocenters. The second-order valence-corrected chi connectivity index (χ2v) is 8.64.